The van der Waals surface area contributed by atoms with Crippen molar-refractivity contribution in [1.82, 2.24) is 4.90 Å². The lowest BCUT2D eigenvalue weighted by Crippen LogP contribution is -2.30. The van der Waals surface area contributed by atoms with E-state index < -0.39 is 0 Å². The van der Waals surface area contributed by atoms with Crippen LogP contribution in [0, 0.1) is 11.3 Å². The first-order valence-electron chi connectivity index (χ1n) is 5.45. The minimum atomic E-state index is 0.554. The molecular weight excluding hydrogens is 162 g/mol. The third kappa shape index (κ3) is 2.23. The summed E-state index contributed by atoms with van der Waals surface area (Å²) < 4.78 is 5.28. The van der Waals surface area contributed by atoms with Gasteiger partial charge in [-0.25, -0.2) is 0 Å². The summed E-state index contributed by atoms with van der Waals surface area (Å²) in [5, 5.41) is 0. The smallest absolute Gasteiger partial charge is 0.0530 e. The lowest BCUT2D eigenvalue weighted by atomic mass is 10.1. The molecule has 1 aliphatic carbocycles. The Morgan fingerprint density at radius 3 is 2.69 bits per heavy atom. The van der Waals surface area contributed by atoms with E-state index in [0.717, 1.165) is 12.5 Å². The van der Waals surface area contributed by atoms with Crippen LogP contribution in [0.2, 0.25) is 0 Å². The highest BCUT2D eigenvalue weighted by atomic mass is 16.5. The Hall–Kier alpha value is -0.0800. The molecule has 0 radical (unpaired) electrons. The second kappa shape index (κ2) is 3.58. The number of hydrogen-bond donors (Lipinski definition) is 0. The first-order valence-corrected chi connectivity index (χ1v) is 5.45. The second-order valence-electron chi connectivity index (χ2n) is 5.06. The van der Waals surface area contributed by atoms with Crippen LogP contribution in [0.4, 0.5) is 0 Å². The summed E-state index contributed by atoms with van der Waals surface area (Å²) in [5.41, 5.74) is 0.554. The van der Waals surface area contributed by atoms with Gasteiger partial charge in [-0.1, -0.05) is 6.92 Å². The molecule has 2 heteroatoms. The summed E-state index contributed by atoms with van der Waals surface area (Å²) >= 11 is 0. The lowest BCUT2D eigenvalue weighted by molar-refractivity contribution is 0.115. The molecule has 1 unspecified atom stereocenters. The summed E-state index contributed by atoms with van der Waals surface area (Å²) in [4.78, 5) is 2.62. The highest BCUT2D eigenvalue weighted by Crippen LogP contribution is 2.46. The van der Waals surface area contributed by atoms with Gasteiger partial charge in [-0.15, -0.1) is 0 Å². The van der Waals surface area contributed by atoms with Crippen LogP contribution in [-0.4, -0.2) is 38.3 Å². The van der Waals surface area contributed by atoms with Gasteiger partial charge in [0.2, 0.25) is 0 Å². The highest BCUT2D eigenvalue weighted by Gasteiger charge is 2.44. The molecule has 0 aromatic carbocycles. The second-order valence-corrected chi connectivity index (χ2v) is 5.06. The zero-order chi connectivity index (χ0) is 9.31. The third-order valence-corrected chi connectivity index (χ3v) is 3.47. The Morgan fingerprint density at radius 1 is 1.46 bits per heavy atom. The minimum absolute atomic E-state index is 0.554. The molecule has 2 aliphatic rings. The Kier molecular flexibility index (Phi) is 2.61. The normalized spacial score (nSPS) is 32.3. The summed E-state index contributed by atoms with van der Waals surface area (Å²) in [6, 6.07) is 0. The summed E-state index contributed by atoms with van der Waals surface area (Å²) in [5.74, 6) is 0.915. The van der Waals surface area contributed by atoms with Crippen molar-refractivity contribution in [2.45, 2.75) is 26.2 Å². The Labute approximate surface area is 81.3 Å². The molecule has 2 fully saturated rings. The monoisotopic (exact) mass is 183 g/mol. The summed E-state index contributed by atoms with van der Waals surface area (Å²) in [6.45, 7) is 7.23. The van der Waals surface area contributed by atoms with Crippen LogP contribution in [0.25, 0.3) is 0 Å². The molecule has 1 aliphatic heterocycles. The van der Waals surface area contributed by atoms with E-state index in [-0.39, 0.29) is 0 Å². The van der Waals surface area contributed by atoms with Gasteiger partial charge in [-0.3, -0.25) is 0 Å². The average molecular weight is 183 g/mol. The van der Waals surface area contributed by atoms with Gasteiger partial charge in [0, 0.05) is 25.6 Å². The van der Waals surface area contributed by atoms with E-state index in [1.54, 1.807) is 0 Å². The van der Waals surface area contributed by atoms with Crippen molar-refractivity contribution in [1.29, 1.82) is 0 Å². The topological polar surface area (TPSA) is 12.5 Å². The van der Waals surface area contributed by atoms with Crippen molar-refractivity contribution < 1.29 is 4.74 Å². The van der Waals surface area contributed by atoms with Gasteiger partial charge in [0.25, 0.3) is 0 Å². The van der Waals surface area contributed by atoms with Gasteiger partial charge in [-0.2, -0.15) is 0 Å². The van der Waals surface area contributed by atoms with E-state index in [0.29, 0.717) is 5.41 Å². The molecule has 76 valence electrons. The van der Waals surface area contributed by atoms with Gasteiger partial charge in [-0.05, 0) is 31.7 Å². The molecule has 0 amide bonds. The van der Waals surface area contributed by atoms with Crippen LogP contribution < -0.4 is 0 Å². The van der Waals surface area contributed by atoms with Gasteiger partial charge < -0.3 is 9.64 Å². The van der Waals surface area contributed by atoms with Crippen LogP contribution in [0.5, 0.6) is 0 Å². The predicted octanol–water partition coefficient (Wildman–Crippen LogP) is 1.75. The highest BCUT2D eigenvalue weighted by molar-refractivity contribution is 4.96. The largest absolute Gasteiger partial charge is 0.384 e. The Balaban J connectivity index is 1.77. The van der Waals surface area contributed by atoms with Crippen molar-refractivity contribution in [2.75, 3.05) is 33.4 Å². The standard InChI is InChI=1S/C11H21NO/c1-10-3-6-12(7-10)8-11(4-5-11)9-13-2/h10H,3-9H2,1-2H3. The molecule has 0 N–H and O–H groups in total. The number of methoxy groups -OCH3 is 1. The molecule has 0 aromatic rings. The lowest BCUT2D eigenvalue weighted by Gasteiger charge is -2.22. The Morgan fingerprint density at radius 2 is 2.23 bits per heavy atom. The quantitative estimate of drug-likeness (QED) is 0.658. The molecule has 0 bridgehead atoms. The van der Waals surface area contributed by atoms with Crippen molar-refractivity contribution in [3.8, 4) is 0 Å². The predicted molar refractivity (Wildman–Crippen MR) is 53.8 cm³/mol. The van der Waals surface area contributed by atoms with Crippen LogP contribution in [-0.2, 0) is 4.74 Å². The zero-order valence-corrected chi connectivity index (χ0v) is 8.88. The molecule has 1 saturated carbocycles. The van der Waals surface area contributed by atoms with Crippen LogP contribution in [0.3, 0.4) is 0 Å². The maximum Gasteiger partial charge on any atom is 0.0530 e. The maximum absolute atomic E-state index is 5.28. The number of hydrogen-bond acceptors (Lipinski definition) is 2. The van der Waals surface area contributed by atoms with E-state index >= 15 is 0 Å². The average Bonchev–Trinajstić information content (AvgIpc) is 2.70. The molecule has 13 heavy (non-hydrogen) atoms. The van der Waals surface area contributed by atoms with Crippen molar-refractivity contribution in [2.24, 2.45) is 11.3 Å². The van der Waals surface area contributed by atoms with E-state index in [4.69, 9.17) is 4.74 Å². The number of ether oxygens (including phenoxy) is 1. The number of nitrogens with zero attached hydrogens (tertiary/aromatic N) is 1. The van der Waals surface area contributed by atoms with E-state index in [1.807, 2.05) is 7.11 Å². The third-order valence-electron chi connectivity index (χ3n) is 3.47. The van der Waals surface area contributed by atoms with E-state index in [9.17, 15) is 0 Å². The first kappa shape index (κ1) is 9.47. The Bertz CT molecular complexity index is 177. The van der Waals surface area contributed by atoms with Gasteiger partial charge in [0.05, 0.1) is 6.61 Å². The number of rotatable bonds is 4. The molecule has 2 rings (SSSR count). The molecule has 2 nitrogen and oxygen atoms in total. The molecular formula is C11H21NO. The van der Waals surface area contributed by atoms with Gasteiger partial charge >= 0.3 is 0 Å². The molecule has 0 aromatic heterocycles. The fourth-order valence-corrected chi connectivity index (χ4v) is 2.48. The van der Waals surface area contributed by atoms with Crippen molar-refractivity contribution in [3.63, 3.8) is 0 Å². The zero-order valence-electron chi connectivity index (χ0n) is 8.88. The van der Waals surface area contributed by atoms with Crippen LogP contribution in [0.15, 0.2) is 0 Å². The first-order chi connectivity index (χ1) is 6.24. The minimum Gasteiger partial charge on any atom is -0.384 e. The molecule has 0 spiro atoms. The van der Waals surface area contributed by atoms with Crippen molar-refractivity contribution >= 4 is 0 Å². The SMILES string of the molecule is COCC1(CN2CCC(C)C2)CC1. The van der Waals surface area contributed by atoms with Crippen LogP contribution >= 0.6 is 0 Å². The maximum atomic E-state index is 5.28. The number of likely N-dealkylation sites (tertiary alicyclic amines) is 1. The van der Waals surface area contributed by atoms with Gasteiger partial charge in [0.15, 0.2) is 0 Å². The summed E-state index contributed by atoms with van der Waals surface area (Å²) in [7, 11) is 1.83. The van der Waals surface area contributed by atoms with Crippen molar-refractivity contribution in [3.05, 3.63) is 0 Å². The fraction of sp³-hybridized carbons (Fsp3) is 1.00. The summed E-state index contributed by atoms with van der Waals surface area (Å²) in [6.07, 6.45) is 4.15. The van der Waals surface area contributed by atoms with Gasteiger partial charge in [0.1, 0.15) is 0 Å². The van der Waals surface area contributed by atoms with Crippen LogP contribution in [0.1, 0.15) is 26.2 Å². The fourth-order valence-electron chi connectivity index (χ4n) is 2.48. The molecule has 1 atom stereocenters. The van der Waals surface area contributed by atoms with E-state index in [2.05, 4.69) is 11.8 Å². The van der Waals surface area contributed by atoms with E-state index in [1.165, 1.54) is 38.9 Å². The molecule has 1 saturated heterocycles. The molecule has 1 heterocycles.